The van der Waals surface area contributed by atoms with Gasteiger partial charge in [-0.25, -0.2) is 4.68 Å². The molecule has 0 radical (unpaired) electrons. The molecule has 2 aromatic rings. The number of hydrogen-bond acceptors (Lipinski definition) is 5. The Morgan fingerprint density at radius 2 is 2.05 bits per heavy atom. The highest BCUT2D eigenvalue weighted by Crippen LogP contribution is 2.14. The molecule has 0 aliphatic rings. The van der Waals surface area contributed by atoms with Crippen molar-refractivity contribution in [1.82, 2.24) is 15.0 Å². The smallest absolute Gasteiger partial charge is 0.250 e. The summed E-state index contributed by atoms with van der Waals surface area (Å²) < 4.78 is 1.37. The maximum Gasteiger partial charge on any atom is 0.250 e. The molecule has 0 saturated heterocycles. The molecule has 2 rings (SSSR count). The average molecular weight is 274 g/mol. The first kappa shape index (κ1) is 13.7. The van der Waals surface area contributed by atoms with Gasteiger partial charge in [0.2, 0.25) is 5.91 Å². The molecule has 2 amide bonds. The van der Waals surface area contributed by atoms with E-state index in [0.717, 1.165) is 0 Å². The number of nitrogens with zero attached hydrogens (tertiary/aromatic N) is 3. The van der Waals surface area contributed by atoms with E-state index in [1.807, 2.05) is 0 Å². The SMILES string of the molecule is NCc1cn(CC(=O)Nc2ccccc2C(N)=O)nn1. The minimum absolute atomic E-state index is 0.0277. The van der Waals surface area contributed by atoms with Crippen molar-refractivity contribution in [1.29, 1.82) is 0 Å². The summed E-state index contributed by atoms with van der Waals surface area (Å²) in [6.45, 7) is 0.228. The zero-order valence-electron chi connectivity index (χ0n) is 10.6. The van der Waals surface area contributed by atoms with Crippen LogP contribution in [0, 0.1) is 0 Å². The Morgan fingerprint density at radius 3 is 2.70 bits per heavy atom. The van der Waals surface area contributed by atoms with Gasteiger partial charge in [-0.05, 0) is 12.1 Å². The summed E-state index contributed by atoms with van der Waals surface area (Å²) in [5.74, 6) is -0.945. The van der Waals surface area contributed by atoms with Gasteiger partial charge in [-0.15, -0.1) is 5.10 Å². The predicted octanol–water partition coefficient (Wildman–Crippen LogP) is -0.526. The number of nitrogens with one attached hydrogen (secondary N) is 1. The molecule has 0 bridgehead atoms. The minimum atomic E-state index is -0.605. The third-order valence-corrected chi connectivity index (χ3v) is 2.57. The minimum Gasteiger partial charge on any atom is -0.366 e. The molecule has 0 atom stereocenters. The Kier molecular flexibility index (Phi) is 4.06. The van der Waals surface area contributed by atoms with E-state index >= 15 is 0 Å². The van der Waals surface area contributed by atoms with Crippen molar-refractivity contribution in [3.05, 3.63) is 41.7 Å². The van der Waals surface area contributed by atoms with Crippen LogP contribution in [-0.2, 0) is 17.9 Å². The summed E-state index contributed by atoms with van der Waals surface area (Å²) in [5.41, 5.74) is 11.8. The van der Waals surface area contributed by atoms with Crippen molar-refractivity contribution in [3.8, 4) is 0 Å². The van der Waals surface area contributed by atoms with Crippen LogP contribution in [0.3, 0.4) is 0 Å². The lowest BCUT2D eigenvalue weighted by molar-refractivity contribution is -0.116. The number of carbonyl (C=O) groups is 2. The third kappa shape index (κ3) is 3.18. The van der Waals surface area contributed by atoms with Crippen molar-refractivity contribution >= 4 is 17.5 Å². The van der Waals surface area contributed by atoms with Crippen LogP contribution in [-0.4, -0.2) is 26.8 Å². The number of nitrogens with two attached hydrogens (primary N) is 2. The molecule has 8 nitrogen and oxygen atoms in total. The van der Waals surface area contributed by atoms with E-state index in [4.69, 9.17) is 11.5 Å². The number of carbonyl (C=O) groups excluding carboxylic acids is 2. The summed E-state index contributed by atoms with van der Waals surface area (Å²) >= 11 is 0. The molecule has 0 aliphatic carbocycles. The number of benzene rings is 1. The Bertz CT molecular complexity index is 636. The van der Waals surface area contributed by atoms with Crippen LogP contribution in [0.2, 0.25) is 0 Å². The van der Waals surface area contributed by atoms with Crippen molar-refractivity contribution in [3.63, 3.8) is 0 Å². The number of hydrogen-bond donors (Lipinski definition) is 3. The summed E-state index contributed by atoms with van der Waals surface area (Å²) in [4.78, 5) is 23.1. The molecule has 20 heavy (non-hydrogen) atoms. The number of para-hydroxylation sites is 1. The lowest BCUT2D eigenvalue weighted by Crippen LogP contribution is -2.22. The van der Waals surface area contributed by atoms with Gasteiger partial charge in [-0.3, -0.25) is 9.59 Å². The van der Waals surface area contributed by atoms with E-state index < -0.39 is 5.91 Å². The topological polar surface area (TPSA) is 129 Å². The van der Waals surface area contributed by atoms with Crippen LogP contribution in [0.25, 0.3) is 0 Å². The zero-order valence-corrected chi connectivity index (χ0v) is 10.6. The number of primary amides is 1. The van der Waals surface area contributed by atoms with Gasteiger partial charge in [0.1, 0.15) is 6.54 Å². The standard InChI is InChI=1S/C12H14N6O2/c13-5-8-6-18(17-16-8)7-11(19)15-10-4-2-1-3-9(10)12(14)20/h1-4,6H,5,7,13H2,(H2,14,20)(H,15,19). The van der Waals surface area contributed by atoms with Crippen LogP contribution in [0.15, 0.2) is 30.5 Å². The van der Waals surface area contributed by atoms with Gasteiger partial charge in [-0.2, -0.15) is 0 Å². The van der Waals surface area contributed by atoms with Gasteiger partial charge in [-0.1, -0.05) is 17.3 Å². The van der Waals surface area contributed by atoms with Gasteiger partial charge in [0.05, 0.1) is 23.1 Å². The molecule has 0 aliphatic heterocycles. The van der Waals surface area contributed by atoms with Gasteiger partial charge < -0.3 is 16.8 Å². The summed E-state index contributed by atoms with van der Waals surface area (Å²) in [5, 5.41) is 10.1. The molecule has 5 N–H and O–H groups in total. The van der Waals surface area contributed by atoms with E-state index in [1.54, 1.807) is 30.5 Å². The van der Waals surface area contributed by atoms with Gasteiger partial charge in [0, 0.05) is 6.54 Å². The first-order valence-electron chi connectivity index (χ1n) is 5.88. The molecule has 0 unspecified atom stereocenters. The van der Waals surface area contributed by atoms with Crippen LogP contribution in [0.1, 0.15) is 16.1 Å². The van der Waals surface area contributed by atoms with Crippen molar-refractivity contribution < 1.29 is 9.59 Å². The predicted molar refractivity (Wildman–Crippen MR) is 71.5 cm³/mol. The van der Waals surface area contributed by atoms with Gasteiger partial charge >= 0.3 is 0 Å². The lowest BCUT2D eigenvalue weighted by atomic mass is 10.1. The molecule has 104 valence electrons. The third-order valence-electron chi connectivity index (χ3n) is 2.57. The second-order valence-corrected chi connectivity index (χ2v) is 4.07. The van der Waals surface area contributed by atoms with Crippen molar-refractivity contribution in [2.75, 3.05) is 5.32 Å². The van der Waals surface area contributed by atoms with Crippen LogP contribution in [0.5, 0.6) is 0 Å². The number of amides is 2. The Morgan fingerprint density at radius 1 is 1.30 bits per heavy atom. The summed E-state index contributed by atoms with van der Waals surface area (Å²) in [6, 6.07) is 6.51. The second kappa shape index (κ2) is 5.93. The van der Waals surface area contributed by atoms with E-state index in [0.29, 0.717) is 11.4 Å². The fourth-order valence-corrected chi connectivity index (χ4v) is 1.65. The van der Waals surface area contributed by atoms with Crippen LogP contribution >= 0.6 is 0 Å². The Balaban J connectivity index is 2.06. The summed E-state index contributed by atoms with van der Waals surface area (Å²) in [6.07, 6.45) is 1.58. The number of aromatic nitrogens is 3. The normalized spacial score (nSPS) is 10.2. The molecule has 8 heteroatoms. The molecule has 1 aromatic carbocycles. The monoisotopic (exact) mass is 274 g/mol. The highest BCUT2D eigenvalue weighted by atomic mass is 16.2. The van der Waals surface area contributed by atoms with Crippen molar-refractivity contribution in [2.45, 2.75) is 13.1 Å². The van der Waals surface area contributed by atoms with E-state index in [2.05, 4.69) is 15.6 Å². The Labute approximate surface area is 114 Å². The highest BCUT2D eigenvalue weighted by molar-refractivity contribution is 6.02. The highest BCUT2D eigenvalue weighted by Gasteiger charge is 2.11. The molecule has 0 fully saturated rings. The molecular formula is C12H14N6O2. The average Bonchev–Trinajstić information content (AvgIpc) is 2.86. The summed E-state index contributed by atoms with van der Waals surface area (Å²) in [7, 11) is 0. The van der Waals surface area contributed by atoms with Gasteiger partial charge in [0.15, 0.2) is 0 Å². The largest absolute Gasteiger partial charge is 0.366 e. The van der Waals surface area contributed by atoms with E-state index in [1.165, 1.54) is 4.68 Å². The maximum absolute atomic E-state index is 11.9. The number of anilines is 1. The first-order valence-corrected chi connectivity index (χ1v) is 5.88. The van der Waals surface area contributed by atoms with E-state index in [-0.39, 0.29) is 24.6 Å². The molecule has 1 heterocycles. The molecule has 0 spiro atoms. The second-order valence-electron chi connectivity index (χ2n) is 4.07. The van der Waals surface area contributed by atoms with E-state index in [9.17, 15) is 9.59 Å². The van der Waals surface area contributed by atoms with Crippen molar-refractivity contribution in [2.24, 2.45) is 11.5 Å². The zero-order chi connectivity index (χ0) is 14.5. The molecule has 1 aromatic heterocycles. The quantitative estimate of drug-likeness (QED) is 0.675. The lowest BCUT2D eigenvalue weighted by Gasteiger charge is -2.08. The Hall–Kier alpha value is -2.74. The molecular weight excluding hydrogens is 260 g/mol. The molecule has 0 saturated carbocycles. The van der Waals surface area contributed by atoms with Crippen LogP contribution in [0.4, 0.5) is 5.69 Å². The maximum atomic E-state index is 11.9. The van der Waals surface area contributed by atoms with Gasteiger partial charge in [0.25, 0.3) is 5.91 Å². The fourth-order valence-electron chi connectivity index (χ4n) is 1.65. The first-order chi connectivity index (χ1) is 9.60. The fraction of sp³-hybridized carbons (Fsp3) is 0.167. The number of rotatable bonds is 5. The van der Waals surface area contributed by atoms with Crippen LogP contribution < -0.4 is 16.8 Å².